The van der Waals surface area contributed by atoms with E-state index in [1.54, 1.807) is 7.05 Å². The lowest BCUT2D eigenvalue weighted by atomic mass is 9.99. The third kappa shape index (κ3) is 2.85. The summed E-state index contributed by atoms with van der Waals surface area (Å²) in [7, 11) is 1.69. The average Bonchev–Trinajstić information content (AvgIpc) is 2.66. The molecule has 1 N–H and O–H groups in total. The predicted molar refractivity (Wildman–Crippen MR) is 74.0 cm³/mol. The summed E-state index contributed by atoms with van der Waals surface area (Å²) in [6.07, 6.45) is 0. The normalized spacial score (nSPS) is 12.7. The molecule has 0 saturated carbocycles. The molecular weight excluding hydrogens is 339 g/mol. The second-order valence-electron chi connectivity index (χ2n) is 4.08. The fourth-order valence-corrected chi connectivity index (χ4v) is 3.74. The molecule has 0 aliphatic heterocycles. The molecule has 0 fully saturated rings. The molecule has 0 spiro atoms. The van der Waals surface area contributed by atoms with Crippen LogP contribution in [0, 0.1) is 24.4 Å². The van der Waals surface area contributed by atoms with Crippen molar-refractivity contribution in [3.8, 4) is 0 Å². The first-order valence-electron chi connectivity index (χ1n) is 5.51. The highest BCUT2D eigenvalue weighted by atomic mass is 79.9. The standard InChI is InChI=1S/C13H11BrF3NS/c1-6-8(5-11(14)19-6)13(18-2)7-3-9(15)12(17)10(16)4-7/h3-5,13,18H,1-2H3. The van der Waals surface area contributed by atoms with Gasteiger partial charge in [-0.3, -0.25) is 0 Å². The highest BCUT2D eigenvalue weighted by molar-refractivity contribution is 9.11. The number of hydrogen-bond acceptors (Lipinski definition) is 2. The van der Waals surface area contributed by atoms with Crippen LogP contribution in [0.2, 0.25) is 0 Å². The van der Waals surface area contributed by atoms with Crippen molar-refractivity contribution < 1.29 is 13.2 Å². The molecule has 0 aliphatic rings. The van der Waals surface area contributed by atoms with Crippen LogP contribution in [0.25, 0.3) is 0 Å². The number of hydrogen-bond donors (Lipinski definition) is 1. The van der Waals surface area contributed by atoms with Crippen LogP contribution >= 0.6 is 27.3 Å². The summed E-state index contributed by atoms with van der Waals surface area (Å²) in [6, 6.07) is 3.54. The van der Waals surface area contributed by atoms with E-state index in [2.05, 4.69) is 21.2 Å². The highest BCUT2D eigenvalue weighted by Gasteiger charge is 2.20. The third-order valence-electron chi connectivity index (χ3n) is 2.87. The topological polar surface area (TPSA) is 12.0 Å². The summed E-state index contributed by atoms with van der Waals surface area (Å²) in [5.41, 5.74) is 1.26. The second-order valence-corrected chi connectivity index (χ2v) is 6.72. The quantitative estimate of drug-likeness (QED) is 0.801. The minimum absolute atomic E-state index is 0.354. The number of nitrogens with one attached hydrogen (secondary N) is 1. The Kier molecular flexibility index (Phi) is 4.32. The van der Waals surface area contributed by atoms with Gasteiger partial charge in [0.25, 0.3) is 0 Å². The molecule has 0 radical (unpaired) electrons. The maximum atomic E-state index is 13.3. The molecule has 102 valence electrons. The first-order chi connectivity index (χ1) is 8.93. The minimum atomic E-state index is -1.44. The number of benzene rings is 1. The smallest absolute Gasteiger partial charge is 0.194 e. The molecule has 0 amide bonds. The SMILES string of the molecule is CNC(c1cc(F)c(F)c(F)c1)c1cc(Br)sc1C. The van der Waals surface area contributed by atoms with Gasteiger partial charge in [-0.25, -0.2) is 13.2 Å². The van der Waals surface area contributed by atoms with Gasteiger partial charge in [-0.1, -0.05) is 0 Å². The molecule has 2 aromatic rings. The molecular formula is C13H11BrF3NS. The molecule has 1 heterocycles. The molecule has 6 heteroatoms. The average molecular weight is 350 g/mol. The van der Waals surface area contributed by atoms with Crippen LogP contribution in [0.1, 0.15) is 22.0 Å². The van der Waals surface area contributed by atoms with E-state index >= 15 is 0 Å². The summed E-state index contributed by atoms with van der Waals surface area (Å²) in [5, 5.41) is 2.99. The first kappa shape index (κ1) is 14.6. The number of thiophene rings is 1. The summed E-state index contributed by atoms with van der Waals surface area (Å²) in [4.78, 5) is 1.02. The van der Waals surface area contributed by atoms with Gasteiger partial charge in [0.1, 0.15) is 0 Å². The molecule has 1 atom stereocenters. The van der Waals surface area contributed by atoms with Gasteiger partial charge in [-0.05, 0) is 59.2 Å². The van der Waals surface area contributed by atoms with Crippen LogP contribution in [0.4, 0.5) is 13.2 Å². The Bertz CT molecular complexity index is 589. The number of rotatable bonds is 3. The lowest BCUT2D eigenvalue weighted by molar-refractivity contribution is 0.443. The van der Waals surface area contributed by atoms with E-state index in [1.807, 2.05) is 13.0 Å². The lowest BCUT2D eigenvalue weighted by Gasteiger charge is -2.17. The van der Waals surface area contributed by atoms with Crippen molar-refractivity contribution >= 4 is 27.3 Å². The molecule has 1 aromatic carbocycles. The van der Waals surface area contributed by atoms with Gasteiger partial charge < -0.3 is 5.32 Å². The van der Waals surface area contributed by atoms with Crippen molar-refractivity contribution in [1.29, 1.82) is 0 Å². The molecule has 0 bridgehead atoms. The van der Waals surface area contributed by atoms with Crippen LogP contribution in [0.3, 0.4) is 0 Å². The molecule has 19 heavy (non-hydrogen) atoms. The van der Waals surface area contributed by atoms with Crippen molar-refractivity contribution in [3.05, 3.63) is 55.4 Å². The number of aryl methyl sites for hydroxylation is 1. The second kappa shape index (κ2) is 5.64. The lowest BCUT2D eigenvalue weighted by Crippen LogP contribution is -2.18. The fraction of sp³-hybridized carbons (Fsp3) is 0.231. The Morgan fingerprint density at radius 2 is 1.74 bits per heavy atom. The van der Waals surface area contributed by atoms with Crippen molar-refractivity contribution in [2.45, 2.75) is 13.0 Å². The summed E-state index contributed by atoms with van der Waals surface area (Å²) in [5.74, 6) is -3.80. The molecule has 0 saturated heterocycles. The Morgan fingerprint density at radius 1 is 1.16 bits per heavy atom. The zero-order chi connectivity index (χ0) is 14.2. The van der Waals surface area contributed by atoms with Gasteiger partial charge >= 0.3 is 0 Å². The zero-order valence-corrected chi connectivity index (χ0v) is 12.6. The Labute approximate surface area is 121 Å². The third-order valence-corrected chi connectivity index (χ3v) is 4.43. The van der Waals surface area contributed by atoms with E-state index in [1.165, 1.54) is 11.3 Å². The molecule has 1 unspecified atom stereocenters. The van der Waals surface area contributed by atoms with Crippen LogP contribution in [-0.4, -0.2) is 7.05 Å². The Hall–Kier alpha value is -0.850. The maximum absolute atomic E-state index is 13.3. The maximum Gasteiger partial charge on any atom is 0.194 e. The fourth-order valence-electron chi connectivity index (χ4n) is 1.99. The van der Waals surface area contributed by atoms with Crippen molar-refractivity contribution in [2.24, 2.45) is 0 Å². The monoisotopic (exact) mass is 349 g/mol. The van der Waals surface area contributed by atoms with E-state index in [0.717, 1.165) is 26.4 Å². The number of halogens is 4. The molecule has 2 rings (SSSR count). The van der Waals surface area contributed by atoms with E-state index in [0.29, 0.717) is 5.56 Å². The van der Waals surface area contributed by atoms with Gasteiger partial charge in [0.2, 0.25) is 0 Å². The van der Waals surface area contributed by atoms with E-state index < -0.39 is 17.5 Å². The highest BCUT2D eigenvalue weighted by Crippen LogP contribution is 2.34. The predicted octanol–water partition coefficient (Wildman–Crippen LogP) is 4.55. The summed E-state index contributed by atoms with van der Waals surface area (Å²) < 4.78 is 40.5. The molecule has 0 aliphatic carbocycles. The van der Waals surface area contributed by atoms with Crippen LogP contribution in [-0.2, 0) is 0 Å². The Morgan fingerprint density at radius 3 is 2.16 bits per heavy atom. The van der Waals surface area contributed by atoms with Gasteiger partial charge in [0.15, 0.2) is 17.5 Å². The van der Waals surface area contributed by atoms with Crippen LogP contribution in [0.5, 0.6) is 0 Å². The van der Waals surface area contributed by atoms with E-state index in [4.69, 9.17) is 0 Å². The van der Waals surface area contributed by atoms with E-state index in [9.17, 15) is 13.2 Å². The first-order valence-corrected chi connectivity index (χ1v) is 7.12. The van der Waals surface area contributed by atoms with Crippen molar-refractivity contribution in [2.75, 3.05) is 7.05 Å². The van der Waals surface area contributed by atoms with Crippen LogP contribution < -0.4 is 5.32 Å². The summed E-state index contributed by atoms with van der Waals surface area (Å²) >= 11 is 4.91. The van der Waals surface area contributed by atoms with E-state index in [-0.39, 0.29) is 6.04 Å². The van der Waals surface area contributed by atoms with Gasteiger partial charge in [0, 0.05) is 4.88 Å². The largest absolute Gasteiger partial charge is 0.309 e. The van der Waals surface area contributed by atoms with Crippen LogP contribution in [0.15, 0.2) is 22.0 Å². The van der Waals surface area contributed by atoms with Crippen molar-refractivity contribution in [3.63, 3.8) is 0 Å². The zero-order valence-electron chi connectivity index (χ0n) is 10.2. The summed E-state index contributed by atoms with van der Waals surface area (Å²) in [6.45, 7) is 1.92. The van der Waals surface area contributed by atoms with Crippen molar-refractivity contribution in [1.82, 2.24) is 5.32 Å². The van der Waals surface area contributed by atoms with Gasteiger partial charge in [-0.2, -0.15) is 0 Å². The van der Waals surface area contributed by atoms with Gasteiger partial charge in [-0.15, -0.1) is 11.3 Å². The molecule has 1 aromatic heterocycles. The minimum Gasteiger partial charge on any atom is -0.309 e. The van der Waals surface area contributed by atoms with Gasteiger partial charge in [0.05, 0.1) is 9.83 Å². The molecule has 1 nitrogen and oxygen atoms in total. The Balaban J connectivity index is 2.51.